The molecule has 1 atom stereocenters. The molecule has 3 fully saturated rings. The molecule has 2 saturated heterocycles. The Hall–Kier alpha value is -1.90. The van der Waals surface area contributed by atoms with Crippen molar-refractivity contribution in [1.82, 2.24) is 15.2 Å². The lowest BCUT2D eigenvalue weighted by molar-refractivity contribution is -0.123. The smallest absolute Gasteiger partial charge is 0.273 e. The average Bonchev–Trinajstić information content (AvgIpc) is 3.35. The number of thioether (sulfide) groups is 1. The molecular weight excluding hydrogens is 454 g/mol. The fourth-order valence-electron chi connectivity index (χ4n) is 5.54. The maximum atomic E-state index is 13.1. The summed E-state index contributed by atoms with van der Waals surface area (Å²) in [4.78, 5) is 32.3. The second kappa shape index (κ2) is 9.39. The summed E-state index contributed by atoms with van der Waals surface area (Å²) in [6.07, 6.45) is 6.56. The van der Waals surface area contributed by atoms with Crippen molar-refractivity contribution in [3.05, 3.63) is 47.0 Å². The third-order valence-electron chi connectivity index (χ3n) is 7.87. The van der Waals surface area contributed by atoms with Crippen molar-refractivity contribution in [2.24, 2.45) is 11.3 Å². The molecule has 1 aliphatic carbocycles. The van der Waals surface area contributed by atoms with Crippen LogP contribution in [0.15, 0.2) is 40.1 Å². The van der Waals surface area contributed by atoms with Crippen LogP contribution in [0, 0.1) is 11.3 Å². The van der Waals surface area contributed by atoms with Gasteiger partial charge >= 0.3 is 0 Å². The second-order valence-electron chi connectivity index (χ2n) is 9.59. The van der Waals surface area contributed by atoms with Crippen molar-refractivity contribution < 1.29 is 14.3 Å². The summed E-state index contributed by atoms with van der Waals surface area (Å²) < 4.78 is 6.54. The van der Waals surface area contributed by atoms with E-state index in [4.69, 9.17) is 4.74 Å². The molecule has 33 heavy (non-hydrogen) atoms. The van der Waals surface area contributed by atoms with Crippen molar-refractivity contribution in [2.75, 3.05) is 39.1 Å². The first-order valence-electron chi connectivity index (χ1n) is 11.8. The van der Waals surface area contributed by atoms with Gasteiger partial charge in [0, 0.05) is 49.6 Å². The Morgan fingerprint density at radius 3 is 2.58 bits per heavy atom. The fraction of sp³-hybridized carbons (Fsp3) is 0.560. The molecule has 3 aliphatic rings. The molecule has 3 heterocycles. The number of aromatic nitrogens is 1. The summed E-state index contributed by atoms with van der Waals surface area (Å²) >= 11 is 3.08. The summed E-state index contributed by atoms with van der Waals surface area (Å²) in [7, 11) is 0. The van der Waals surface area contributed by atoms with Gasteiger partial charge in [0.2, 0.25) is 5.91 Å². The van der Waals surface area contributed by atoms with E-state index >= 15 is 0 Å². The van der Waals surface area contributed by atoms with E-state index in [1.54, 1.807) is 11.8 Å². The van der Waals surface area contributed by atoms with Gasteiger partial charge in [-0.2, -0.15) is 0 Å². The highest BCUT2D eigenvalue weighted by atomic mass is 32.2. The molecule has 1 aromatic heterocycles. The highest BCUT2D eigenvalue weighted by Crippen LogP contribution is 2.59. The highest BCUT2D eigenvalue weighted by molar-refractivity contribution is 8.00. The molecule has 6 nitrogen and oxygen atoms in total. The van der Waals surface area contributed by atoms with Crippen molar-refractivity contribution in [1.29, 1.82) is 0 Å². The van der Waals surface area contributed by atoms with Crippen LogP contribution in [0.5, 0.6) is 0 Å². The fourth-order valence-corrected chi connectivity index (χ4v) is 6.77. The van der Waals surface area contributed by atoms with E-state index in [9.17, 15) is 9.59 Å². The standard InChI is InChI=1S/C25H31N3O3S2/c1-32-23-27-20(16-33-23)22(30)28-11-7-24(8-12-28)15-19(24)21(29)26-17-25(9-13-31-14-10-25)18-5-3-2-4-6-18/h2-6,16,19H,7-15,17H2,1H3,(H,26,29)/t19-/m0/s1. The van der Waals surface area contributed by atoms with Crippen LogP contribution < -0.4 is 5.32 Å². The lowest BCUT2D eigenvalue weighted by Crippen LogP contribution is -2.46. The van der Waals surface area contributed by atoms with Crippen LogP contribution in [0.3, 0.4) is 0 Å². The minimum Gasteiger partial charge on any atom is -0.381 e. The topological polar surface area (TPSA) is 71.5 Å². The number of hydrogen-bond donors (Lipinski definition) is 1. The zero-order valence-corrected chi connectivity index (χ0v) is 20.7. The van der Waals surface area contributed by atoms with E-state index < -0.39 is 0 Å². The number of ether oxygens (including phenoxy) is 1. The monoisotopic (exact) mass is 485 g/mol. The number of carbonyl (C=O) groups is 2. The quantitative estimate of drug-likeness (QED) is 0.627. The molecular formula is C25H31N3O3S2. The zero-order chi connectivity index (χ0) is 22.9. The molecule has 1 aromatic carbocycles. The van der Waals surface area contributed by atoms with Crippen LogP contribution >= 0.6 is 23.1 Å². The van der Waals surface area contributed by atoms with Gasteiger partial charge in [-0.3, -0.25) is 9.59 Å². The lowest BCUT2D eigenvalue weighted by Gasteiger charge is -2.38. The predicted octanol–water partition coefficient (Wildman–Crippen LogP) is 3.97. The molecule has 8 heteroatoms. The number of likely N-dealkylation sites (tertiary alicyclic amines) is 1. The van der Waals surface area contributed by atoms with Gasteiger partial charge in [-0.05, 0) is 49.3 Å². The molecule has 2 amide bonds. The van der Waals surface area contributed by atoms with Crippen molar-refractivity contribution in [2.45, 2.75) is 41.9 Å². The van der Waals surface area contributed by atoms with Crippen LogP contribution in [0.25, 0.3) is 0 Å². The first-order chi connectivity index (χ1) is 16.1. The number of benzene rings is 1. The minimum absolute atomic E-state index is 0.0207. The first-order valence-corrected chi connectivity index (χ1v) is 13.9. The Bertz CT molecular complexity index is 995. The molecule has 0 unspecified atom stereocenters. The van der Waals surface area contributed by atoms with E-state index in [0.29, 0.717) is 25.3 Å². The number of amides is 2. The third kappa shape index (κ3) is 4.57. The van der Waals surface area contributed by atoms with E-state index in [1.165, 1.54) is 16.9 Å². The van der Waals surface area contributed by atoms with Gasteiger partial charge < -0.3 is 15.0 Å². The first kappa shape index (κ1) is 22.9. The van der Waals surface area contributed by atoms with Gasteiger partial charge in [0.1, 0.15) is 10.0 Å². The van der Waals surface area contributed by atoms with Crippen molar-refractivity contribution in [3.8, 4) is 0 Å². The number of thiazole rings is 1. The van der Waals surface area contributed by atoms with Gasteiger partial charge in [-0.15, -0.1) is 11.3 Å². The average molecular weight is 486 g/mol. The number of hydrogen-bond acceptors (Lipinski definition) is 6. The molecule has 176 valence electrons. The number of carbonyl (C=O) groups excluding carboxylic acids is 2. The van der Waals surface area contributed by atoms with Crippen LogP contribution in [-0.4, -0.2) is 60.8 Å². The van der Waals surface area contributed by atoms with Crippen LogP contribution in [0.4, 0.5) is 0 Å². The summed E-state index contributed by atoms with van der Waals surface area (Å²) in [5, 5.41) is 5.16. The van der Waals surface area contributed by atoms with Gasteiger partial charge in [-0.25, -0.2) is 4.98 Å². The SMILES string of the molecule is CSc1nc(C(=O)N2CCC3(CC2)C[C@H]3C(=O)NCC2(c3ccccc3)CCOCC2)cs1. The zero-order valence-electron chi connectivity index (χ0n) is 19.0. The largest absolute Gasteiger partial charge is 0.381 e. The second-order valence-corrected chi connectivity index (χ2v) is 11.5. The molecule has 1 spiro atoms. The molecule has 0 bridgehead atoms. The summed E-state index contributed by atoms with van der Waals surface area (Å²) in [5.74, 6) is 0.276. The Kier molecular flexibility index (Phi) is 6.51. The van der Waals surface area contributed by atoms with Gasteiger partial charge in [-0.1, -0.05) is 42.1 Å². The van der Waals surface area contributed by atoms with Crippen molar-refractivity contribution >= 4 is 34.9 Å². The molecule has 1 saturated carbocycles. The Labute approximate surface area is 203 Å². The minimum atomic E-state index is -0.0455. The van der Waals surface area contributed by atoms with E-state index in [1.807, 2.05) is 22.6 Å². The van der Waals surface area contributed by atoms with Gasteiger partial charge in [0.25, 0.3) is 5.91 Å². The molecule has 1 N–H and O–H groups in total. The molecule has 5 rings (SSSR count). The lowest BCUT2D eigenvalue weighted by atomic mass is 9.74. The third-order valence-corrected chi connectivity index (χ3v) is 9.73. The summed E-state index contributed by atoms with van der Waals surface area (Å²) in [6.45, 7) is 3.55. The normalized spacial score (nSPS) is 23.3. The van der Waals surface area contributed by atoms with Crippen LogP contribution in [0.1, 0.15) is 48.2 Å². The van der Waals surface area contributed by atoms with Crippen LogP contribution in [-0.2, 0) is 14.9 Å². The maximum absolute atomic E-state index is 13.1. The van der Waals surface area contributed by atoms with E-state index in [-0.39, 0.29) is 28.6 Å². The Morgan fingerprint density at radius 1 is 1.18 bits per heavy atom. The van der Waals surface area contributed by atoms with Gasteiger partial charge in [0.15, 0.2) is 0 Å². The Morgan fingerprint density at radius 2 is 1.91 bits per heavy atom. The maximum Gasteiger partial charge on any atom is 0.273 e. The molecule has 2 aliphatic heterocycles. The predicted molar refractivity (Wildman–Crippen MR) is 131 cm³/mol. The number of rotatable bonds is 6. The number of nitrogens with one attached hydrogen (secondary N) is 1. The number of nitrogens with zero attached hydrogens (tertiary/aromatic N) is 2. The summed E-state index contributed by atoms with van der Waals surface area (Å²) in [5.41, 5.74) is 1.87. The van der Waals surface area contributed by atoms with E-state index in [2.05, 4.69) is 34.6 Å². The van der Waals surface area contributed by atoms with E-state index in [0.717, 1.165) is 49.7 Å². The molecule has 0 radical (unpaired) electrons. The highest BCUT2D eigenvalue weighted by Gasteiger charge is 2.59. The molecule has 2 aromatic rings. The van der Waals surface area contributed by atoms with Crippen molar-refractivity contribution in [3.63, 3.8) is 0 Å². The number of piperidine rings is 1. The Balaban J connectivity index is 1.16. The summed E-state index contributed by atoms with van der Waals surface area (Å²) in [6, 6.07) is 10.5. The van der Waals surface area contributed by atoms with Crippen LogP contribution in [0.2, 0.25) is 0 Å². The van der Waals surface area contributed by atoms with Gasteiger partial charge in [0.05, 0.1) is 0 Å².